The van der Waals surface area contributed by atoms with Gasteiger partial charge in [-0.25, -0.2) is 0 Å². The topological polar surface area (TPSA) is 47.1 Å². The van der Waals surface area contributed by atoms with Crippen molar-refractivity contribution < 1.29 is 9.59 Å². The van der Waals surface area contributed by atoms with Gasteiger partial charge in [0.1, 0.15) is 0 Å². The van der Waals surface area contributed by atoms with Crippen molar-refractivity contribution in [2.24, 2.45) is 5.92 Å². The molecule has 30 heavy (non-hydrogen) atoms. The summed E-state index contributed by atoms with van der Waals surface area (Å²) in [7, 11) is 4.14. The van der Waals surface area contributed by atoms with E-state index in [1.807, 2.05) is 4.90 Å². The van der Waals surface area contributed by atoms with Crippen LogP contribution in [0.2, 0.25) is 0 Å². The second kappa shape index (κ2) is 9.38. The summed E-state index contributed by atoms with van der Waals surface area (Å²) in [4.78, 5) is 33.3. The highest BCUT2D eigenvalue weighted by Gasteiger charge is 2.39. The minimum Gasteiger partial charge on any atom is -0.378 e. The molecule has 3 saturated heterocycles. The highest BCUT2D eigenvalue weighted by Crippen LogP contribution is 2.32. The van der Waals surface area contributed by atoms with Crippen LogP contribution in [0.4, 0.5) is 5.69 Å². The highest BCUT2D eigenvalue weighted by atomic mass is 16.2. The first kappa shape index (κ1) is 21.2. The lowest BCUT2D eigenvalue weighted by Crippen LogP contribution is -2.56. The van der Waals surface area contributed by atoms with E-state index in [-0.39, 0.29) is 5.91 Å². The Balaban J connectivity index is 1.29. The average molecular weight is 413 g/mol. The summed E-state index contributed by atoms with van der Waals surface area (Å²) in [5, 5.41) is 0. The molecule has 0 radical (unpaired) electrons. The number of likely N-dealkylation sites (tertiary alicyclic amines) is 3. The molecule has 164 valence electrons. The number of anilines is 1. The zero-order valence-electron chi connectivity index (χ0n) is 18.6. The van der Waals surface area contributed by atoms with Crippen LogP contribution in [0.15, 0.2) is 24.3 Å². The van der Waals surface area contributed by atoms with E-state index in [4.69, 9.17) is 0 Å². The summed E-state index contributed by atoms with van der Waals surface area (Å²) in [5.74, 6) is 1.17. The summed E-state index contributed by atoms with van der Waals surface area (Å²) < 4.78 is 0. The van der Waals surface area contributed by atoms with Gasteiger partial charge in [0.2, 0.25) is 11.8 Å². The fraction of sp³-hybridized carbons (Fsp3) is 0.667. The van der Waals surface area contributed by atoms with Gasteiger partial charge in [-0.05, 0) is 49.3 Å². The van der Waals surface area contributed by atoms with Crippen LogP contribution in [0.5, 0.6) is 0 Å². The maximum atomic E-state index is 12.6. The number of hydrogen-bond acceptors (Lipinski definition) is 4. The molecule has 3 fully saturated rings. The molecular weight excluding hydrogens is 376 g/mol. The molecule has 2 atom stereocenters. The van der Waals surface area contributed by atoms with Crippen molar-refractivity contribution in [1.29, 1.82) is 0 Å². The number of nitrogens with zero attached hydrogens (tertiary/aromatic N) is 4. The lowest BCUT2D eigenvalue weighted by Gasteiger charge is -2.47. The summed E-state index contributed by atoms with van der Waals surface area (Å²) in [6.07, 6.45) is 5.34. The molecule has 2 amide bonds. The predicted molar refractivity (Wildman–Crippen MR) is 119 cm³/mol. The third kappa shape index (κ3) is 4.80. The summed E-state index contributed by atoms with van der Waals surface area (Å²) in [5.41, 5.74) is 2.59. The molecule has 6 heteroatoms. The number of amides is 2. The molecule has 0 bridgehead atoms. The SMILES string of the molecule is CN(C)c1ccc(CN2CC[C@@H]3[C@@H](CCC(=O)N3CCCN3CCCC3=O)C2)cc1. The minimum absolute atomic E-state index is 0.282. The Morgan fingerprint density at radius 2 is 1.77 bits per heavy atom. The molecule has 1 aromatic carbocycles. The predicted octanol–water partition coefficient (Wildman–Crippen LogP) is 2.58. The number of fused-ring (bicyclic) bond motifs is 1. The third-order valence-corrected chi connectivity index (χ3v) is 7.08. The maximum Gasteiger partial charge on any atom is 0.222 e. The van der Waals surface area contributed by atoms with Crippen LogP contribution in [0.25, 0.3) is 0 Å². The number of carbonyl (C=O) groups is 2. The van der Waals surface area contributed by atoms with E-state index in [0.29, 0.717) is 30.7 Å². The van der Waals surface area contributed by atoms with Crippen LogP contribution in [0, 0.1) is 5.92 Å². The minimum atomic E-state index is 0.282. The first-order valence-corrected chi connectivity index (χ1v) is 11.6. The Morgan fingerprint density at radius 1 is 0.967 bits per heavy atom. The van der Waals surface area contributed by atoms with E-state index in [2.05, 4.69) is 53.1 Å². The van der Waals surface area contributed by atoms with Crippen LogP contribution in [0.1, 0.15) is 44.1 Å². The van der Waals surface area contributed by atoms with E-state index in [1.54, 1.807) is 0 Å². The first-order valence-electron chi connectivity index (χ1n) is 11.6. The van der Waals surface area contributed by atoms with Crippen molar-refractivity contribution >= 4 is 17.5 Å². The van der Waals surface area contributed by atoms with E-state index < -0.39 is 0 Å². The molecule has 0 aromatic heterocycles. The van der Waals surface area contributed by atoms with Gasteiger partial charge in [0, 0.05) is 77.9 Å². The normalized spacial score (nSPS) is 25.0. The highest BCUT2D eigenvalue weighted by molar-refractivity contribution is 5.78. The van der Waals surface area contributed by atoms with Crippen LogP contribution in [-0.4, -0.2) is 79.4 Å². The Bertz CT molecular complexity index is 748. The second-order valence-electron chi connectivity index (χ2n) is 9.38. The fourth-order valence-electron chi connectivity index (χ4n) is 5.39. The Kier molecular flexibility index (Phi) is 6.61. The van der Waals surface area contributed by atoms with Gasteiger partial charge in [-0.3, -0.25) is 14.5 Å². The van der Waals surface area contributed by atoms with Crippen LogP contribution < -0.4 is 4.90 Å². The standard InChI is InChI=1S/C24H36N4O2/c1-25(2)21-9-6-19(7-10-21)17-26-16-12-22-20(18-26)8-11-24(30)28(22)15-4-14-27-13-3-5-23(27)29/h6-7,9-10,20,22H,3-5,8,11-18H2,1-2H3/t20-,22+/m0/s1. The quantitative estimate of drug-likeness (QED) is 0.691. The van der Waals surface area contributed by atoms with Crippen molar-refractivity contribution in [3.8, 4) is 0 Å². The molecule has 4 rings (SSSR count). The Morgan fingerprint density at radius 3 is 2.47 bits per heavy atom. The average Bonchev–Trinajstić information content (AvgIpc) is 3.15. The molecule has 0 spiro atoms. The molecule has 0 N–H and O–H groups in total. The van der Waals surface area contributed by atoms with Crippen LogP contribution >= 0.6 is 0 Å². The molecule has 3 aliphatic heterocycles. The molecule has 0 aliphatic carbocycles. The second-order valence-corrected chi connectivity index (χ2v) is 9.38. The number of piperidine rings is 2. The number of hydrogen-bond donors (Lipinski definition) is 0. The van der Waals surface area contributed by atoms with Gasteiger partial charge in [-0.15, -0.1) is 0 Å². The molecule has 6 nitrogen and oxygen atoms in total. The lowest BCUT2D eigenvalue weighted by atomic mass is 9.83. The molecule has 0 saturated carbocycles. The molecule has 1 aromatic rings. The fourth-order valence-corrected chi connectivity index (χ4v) is 5.39. The van der Waals surface area contributed by atoms with E-state index in [0.717, 1.165) is 65.0 Å². The van der Waals surface area contributed by atoms with Gasteiger partial charge >= 0.3 is 0 Å². The van der Waals surface area contributed by atoms with Crippen molar-refractivity contribution in [3.05, 3.63) is 29.8 Å². The van der Waals surface area contributed by atoms with Gasteiger partial charge in [-0.1, -0.05) is 12.1 Å². The van der Waals surface area contributed by atoms with Gasteiger partial charge in [-0.2, -0.15) is 0 Å². The van der Waals surface area contributed by atoms with Crippen LogP contribution in [-0.2, 0) is 16.1 Å². The largest absolute Gasteiger partial charge is 0.378 e. The number of benzene rings is 1. The third-order valence-electron chi connectivity index (χ3n) is 7.08. The van der Waals surface area contributed by atoms with Gasteiger partial charge in [0.05, 0.1) is 0 Å². The molecule has 3 aliphatic rings. The summed E-state index contributed by atoms with van der Waals surface area (Å²) in [6, 6.07) is 9.23. The summed E-state index contributed by atoms with van der Waals surface area (Å²) in [6.45, 7) is 5.61. The molecule has 3 heterocycles. The van der Waals surface area contributed by atoms with E-state index >= 15 is 0 Å². The number of carbonyl (C=O) groups excluding carboxylic acids is 2. The van der Waals surface area contributed by atoms with Crippen LogP contribution in [0.3, 0.4) is 0 Å². The molecule has 0 unspecified atom stereocenters. The smallest absolute Gasteiger partial charge is 0.222 e. The van der Waals surface area contributed by atoms with Gasteiger partial charge in [0.25, 0.3) is 0 Å². The van der Waals surface area contributed by atoms with Crippen molar-refractivity contribution in [2.75, 3.05) is 51.7 Å². The number of rotatable bonds is 7. The molecular formula is C24H36N4O2. The maximum absolute atomic E-state index is 12.6. The van der Waals surface area contributed by atoms with E-state index in [1.165, 1.54) is 11.3 Å². The van der Waals surface area contributed by atoms with Gasteiger partial charge in [0.15, 0.2) is 0 Å². The first-order chi connectivity index (χ1) is 14.5. The zero-order valence-corrected chi connectivity index (χ0v) is 18.6. The Hall–Kier alpha value is -2.08. The van der Waals surface area contributed by atoms with Gasteiger partial charge < -0.3 is 14.7 Å². The Labute approximate surface area is 180 Å². The van der Waals surface area contributed by atoms with E-state index in [9.17, 15) is 9.59 Å². The van der Waals surface area contributed by atoms with Crippen molar-refractivity contribution in [1.82, 2.24) is 14.7 Å². The zero-order chi connectivity index (χ0) is 21.1. The van der Waals surface area contributed by atoms with Crippen molar-refractivity contribution in [3.63, 3.8) is 0 Å². The monoisotopic (exact) mass is 412 g/mol. The van der Waals surface area contributed by atoms with Crippen molar-refractivity contribution in [2.45, 2.75) is 51.1 Å². The lowest BCUT2D eigenvalue weighted by molar-refractivity contribution is -0.141. The summed E-state index contributed by atoms with van der Waals surface area (Å²) >= 11 is 0.